The van der Waals surface area contributed by atoms with Crippen molar-refractivity contribution in [3.8, 4) is 0 Å². The number of hydrogen-bond donors (Lipinski definition) is 1. The molecular weight excluding hydrogens is 296 g/mol. The molecule has 0 bridgehead atoms. The summed E-state index contributed by atoms with van der Waals surface area (Å²) in [6.07, 6.45) is 3.61. The highest BCUT2D eigenvalue weighted by molar-refractivity contribution is 6.33. The zero-order valence-corrected chi connectivity index (χ0v) is 13.9. The zero-order valence-electron chi connectivity index (χ0n) is 13.1. The molecule has 0 fully saturated rings. The molecule has 2 rings (SSSR count). The maximum atomic E-state index is 12.3. The minimum absolute atomic E-state index is 0.139. The lowest BCUT2D eigenvalue weighted by Crippen LogP contribution is -2.30. The maximum absolute atomic E-state index is 12.3. The lowest BCUT2D eigenvalue weighted by atomic mass is 9.89. The molecule has 0 aliphatic rings. The van der Waals surface area contributed by atoms with Crippen LogP contribution in [-0.2, 0) is 0 Å². The van der Waals surface area contributed by atoms with E-state index in [2.05, 4.69) is 24.1 Å². The number of carbonyl (C=O) groups excluding carboxylic acids is 1. The van der Waals surface area contributed by atoms with Gasteiger partial charge < -0.3 is 5.32 Å². The molecule has 0 aliphatic carbocycles. The van der Waals surface area contributed by atoms with Crippen molar-refractivity contribution in [1.29, 1.82) is 0 Å². The van der Waals surface area contributed by atoms with Gasteiger partial charge in [-0.1, -0.05) is 37.6 Å². The SMILES string of the molecule is Cc1ccc(C(=O)NCC(c2cccnc2)C(C)C)c(Cl)c1. The summed E-state index contributed by atoms with van der Waals surface area (Å²) in [6, 6.07) is 9.42. The van der Waals surface area contributed by atoms with Gasteiger partial charge in [-0.15, -0.1) is 0 Å². The monoisotopic (exact) mass is 316 g/mol. The van der Waals surface area contributed by atoms with Crippen molar-refractivity contribution in [2.75, 3.05) is 6.54 Å². The fourth-order valence-corrected chi connectivity index (χ4v) is 2.76. The van der Waals surface area contributed by atoms with Gasteiger partial charge in [0.25, 0.3) is 5.91 Å². The van der Waals surface area contributed by atoms with E-state index in [1.807, 2.05) is 31.3 Å². The predicted molar refractivity (Wildman–Crippen MR) is 90.3 cm³/mol. The Morgan fingerprint density at radius 3 is 2.68 bits per heavy atom. The van der Waals surface area contributed by atoms with Crippen LogP contribution in [0.4, 0.5) is 0 Å². The van der Waals surface area contributed by atoms with Crippen molar-refractivity contribution in [2.45, 2.75) is 26.7 Å². The van der Waals surface area contributed by atoms with Gasteiger partial charge in [0.1, 0.15) is 0 Å². The van der Waals surface area contributed by atoms with E-state index in [1.54, 1.807) is 18.3 Å². The van der Waals surface area contributed by atoms with Crippen molar-refractivity contribution in [1.82, 2.24) is 10.3 Å². The second kappa shape index (κ2) is 7.41. The van der Waals surface area contributed by atoms with E-state index in [-0.39, 0.29) is 11.8 Å². The van der Waals surface area contributed by atoms with E-state index in [0.717, 1.165) is 11.1 Å². The van der Waals surface area contributed by atoms with Crippen molar-refractivity contribution in [3.05, 3.63) is 64.4 Å². The van der Waals surface area contributed by atoms with Gasteiger partial charge in [-0.25, -0.2) is 0 Å². The molecule has 1 N–H and O–H groups in total. The Labute approximate surface area is 136 Å². The molecule has 116 valence electrons. The van der Waals surface area contributed by atoms with Gasteiger partial charge in [-0.05, 0) is 42.2 Å². The maximum Gasteiger partial charge on any atom is 0.252 e. The van der Waals surface area contributed by atoms with Crippen LogP contribution in [0.1, 0.15) is 41.3 Å². The van der Waals surface area contributed by atoms with Crippen molar-refractivity contribution in [3.63, 3.8) is 0 Å². The van der Waals surface area contributed by atoms with Crippen molar-refractivity contribution in [2.24, 2.45) is 5.92 Å². The third kappa shape index (κ3) is 4.08. The summed E-state index contributed by atoms with van der Waals surface area (Å²) < 4.78 is 0. The van der Waals surface area contributed by atoms with Gasteiger partial charge in [0.2, 0.25) is 0 Å². The van der Waals surface area contributed by atoms with E-state index in [9.17, 15) is 4.79 Å². The molecule has 1 amide bonds. The minimum atomic E-state index is -0.139. The Hall–Kier alpha value is -1.87. The number of benzene rings is 1. The number of pyridine rings is 1. The summed E-state index contributed by atoms with van der Waals surface area (Å²) in [7, 11) is 0. The van der Waals surface area contributed by atoms with E-state index in [4.69, 9.17) is 11.6 Å². The van der Waals surface area contributed by atoms with Crippen LogP contribution in [0.2, 0.25) is 5.02 Å². The lowest BCUT2D eigenvalue weighted by molar-refractivity contribution is 0.0949. The molecule has 3 nitrogen and oxygen atoms in total. The summed E-state index contributed by atoms with van der Waals surface area (Å²) in [4.78, 5) is 16.5. The molecule has 4 heteroatoms. The highest BCUT2D eigenvalue weighted by Gasteiger charge is 2.18. The van der Waals surface area contributed by atoms with Gasteiger partial charge in [0.05, 0.1) is 10.6 Å². The third-order valence-corrected chi connectivity index (χ3v) is 4.08. The van der Waals surface area contributed by atoms with Gasteiger partial charge in [0.15, 0.2) is 0 Å². The second-order valence-corrected chi connectivity index (χ2v) is 6.24. The van der Waals surface area contributed by atoms with Crippen LogP contribution in [0.5, 0.6) is 0 Å². The van der Waals surface area contributed by atoms with Gasteiger partial charge in [-0.3, -0.25) is 9.78 Å². The topological polar surface area (TPSA) is 42.0 Å². The lowest BCUT2D eigenvalue weighted by Gasteiger charge is -2.21. The number of carbonyl (C=O) groups is 1. The quantitative estimate of drug-likeness (QED) is 0.897. The number of amides is 1. The molecule has 22 heavy (non-hydrogen) atoms. The number of nitrogens with zero attached hydrogens (tertiary/aromatic N) is 1. The first-order chi connectivity index (χ1) is 10.5. The van der Waals surface area contributed by atoms with Crippen LogP contribution in [0.15, 0.2) is 42.7 Å². The number of rotatable bonds is 5. The first-order valence-electron chi connectivity index (χ1n) is 7.43. The second-order valence-electron chi connectivity index (χ2n) is 5.83. The van der Waals surface area contributed by atoms with Crippen LogP contribution < -0.4 is 5.32 Å². The summed E-state index contributed by atoms with van der Waals surface area (Å²) >= 11 is 6.15. The minimum Gasteiger partial charge on any atom is -0.351 e. The summed E-state index contributed by atoms with van der Waals surface area (Å²) in [6.45, 7) is 6.79. The predicted octanol–water partition coefficient (Wildman–Crippen LogP) is 4.21. The highest BCUT2D eigenvalue weighted by atomic mass is 35.5. The normalized spacial score (nSPS) is 12.2. The Kier molecular flexibility index (Phi) is 5.56. The first kappa shape index (κ1) is 16.5. The standard InChI is InChI=1S/C18H21ClN2O/c1-12(2)16(14-5-4-8-20-10-14)11-21-18(22)15-7-6-13(3)9-17(15)19/h4-10,12,16H,11H2,1-3H3,(H,21,22). The van der Waals surface area contributed by atoms with Crippen LogP contribution in [0.25, 0.3) is 0 Å². The molecule has 1 aromatic heterocycles. The summed E-state index contributed by atoms with van der Waals surface area (Å²) in [5.74, 6) is 0.486. The van der Waals surface area contributed by atoms with Crippen molar-refractivity contribution < 1.29 is 4.79 Å². The number of nitrogens with one attached hydrogen (secondary N) is 1. The Morgan fingerprint density at radius 2 is 2.09 bits per heavy atom. The molecule has 0 aliphatic heterocycles. The van der Waals surface area contributed by atoms with Crippen LogP contribution >= 0.6 is 11.6 Å². The molecule has 1 atom stereocenters. The Morgan fingerprint density at radius 1 is 1.32 bits per heavy atom. The molecule has 2 aromatic rings. The van der Waals surface area contributed by atoms with Gasteiger partial charge in [-0.2, -0.15) is 0 Å². The third-order valence-electron chi connectivity index (χ3n) is 3.77. The number of aromatic nitrogens is 1. The number of halogens is 1. The van der Waals surface area contributed by atoms with Crippen LogP contribution in [0, 0.1) is 12.8 Å². The first-order valence-corrected chi connectivity index (χ1v) is 7.81. The molecule has 0 saturated carbocycles. The van der Waals surface area contributed by atoms with E-state index in [0.29, 0.717) is 23.0 Å². The highest BCUT2D eigenvalue weighted by Crippen LogP contribution is 2.23. The number of hydrogen-bond acceptors (Lipinski definition) is 2. The zero-order chi connectivity index (χ0) is 16.1. The molecule has 0 radical (unpaired) electrons. The van der Waals surface area contributed by atoms with Gasteiger partial charge in [0, 0.05) is 24.9 Å². The average molecular weight is 317 g/mol. The largest absolute Gasteiger partial charge is 0.351 e. The van der Waals surface area contributed by atoms with Crippen LogP contribution in [-0.4, -0.2) is 17.4 Å². The van der Waals surface area contributed by atoms with E-state index < -0.39 is 0 Å². The molecule has 1 unspecified atom stereocenters. The van der Waals surface area contributed by atoms with Crippen LogP contribution in [0.3, 0.4) is 0 Å². The molecule has 0 spiro atoms. The van der Waals surface area contributed by atoms with E-state index >= 15 is 0 Å². The summed E-state index contributed by atoms with van der Waals surface area (Å²) in [5.41, 5.74) is 2.69. The molecule has 1 heterocycles. The Bertz CT molecular complexity index is 641. The Balaban J connectivity index is 2.08. The van der Waals surface area contributed by atoms with Gasteiger partial charge >= 0.3 is 0 Å². The van der Waals surface area contributed by atoms with Crippen molar-refractivity contribution >= 4 is 17.5 Å². The van der Waals surface area contributed by atoms with E-state index in [1.165, 1.54) is 0 Å². The molecule has 0 saturated heterocycles. The summed E-state index contributed by atoms with van der Waals surface area (Å²) in [5, 5.41) is 3.47. The fourth-order valence-electron chi connectivity index (χ4n) is 2.44. The fraction of sp³-hybridized carbons (Fsp3) is 0.333. The number of aryl methyl sites for hydroxylation is 1. The molecule has 1 aromatic carbocycles. The average Bonchev–Trinajstić information content (AvgIpc) is 2.48. The molecular formula is C18H21ClN2O. The smallest absolute Gasteiger partial charge is 0.252 e.